The molecule has 3 N–H and O–H groups in total. The van der Waals surface area contributed by atoms with Crippen LogP contribution in [0.1, 0.15) is 5.56 Å². The summed E-state index contributed by atoms with van der Waals surface area (Å²) in [4.78, 5) is 3.43. The minimum Gasteiger partial charge on any atom is -0.507 e. The highest BCUT2D eigenvalue weighted by Crippen LogP contribution is 2.38. The number of anilines is 1. The highest BCUT2D eigenvalue weighted by atomic mass is 19.4. The second kappa shape index (κ2) is 3.26. The first-order chi connectivity index (χ1) is 7.41. The van der Waals surface area contributed by atoms with Gasteiger partial charge in [0, 0.05) is 11.6 Å². The number of phenolic OH excluding ortho intramolecular Hbond substituents is 1. The molecule has 3 nitrogen and oxygen atoms in total. The largest absolute Gasteiger partial charge is 0.507 e. The van der Waals surface area contributed by atoms with Gasteiger partial charge in [-0.1, -0.05) is 12.1 Å². The van der Waals surface area contributed by atoms with Crippen molar-refractivity contribution in [2.75, 3.05) is 5.73 Å². The predicted octanol–water partition coefficient (Wildman–Crippen LogP) is 2.54. The number of alkyl halides is 3. The number of nitrogens with two attached hydrogens (primary N) is 1. The van der Waals surface area contributed by atoms with Crippen molar-refractivity contribution in [1.29, 1.82) is 0 Å². The number of halogens is 3. The van der Waals surface area contributed by atoms with Gasteiger partial charge in [0.25, 0.3) is 0 Å². The molecule has 0 unspecified atom stereocenters. The molecular formula is C10H7F3N2O. The van der Waals surface area contributed by atoms with Crippen LogP contribution in [0.5, 0.6) is 5.75 Å². The number of nitrogen functional groups attached to an aromatic ring is 1. The number of benzene rings is 1. The van der Waals surface area contributed by atoms with Gasteiger partial charge in [-0.3, -0.25) is 0 Å². The van der Waals surface area contributed by atoms with Gasteiger partial charge in [-0.25, -0.2) is 4.98 Å². The molecule has 0 spiro atoms. The SMILES string of the molecule is Nc1ncc(C(F)(F)F)c2cccc(O)c12. The van der Waals surface area contributed by atoms with Gasteiger partial charge >= 0.3 is 6.18 Å². The summed E-state index contributed by atoms with van der Waals surface area (Å²) in [5, 5.41) is 9.23. The van der Waals surface area contributed by atoms with Crippen LogP contribution in [0.4, 0.5) is 19.0 Å². The number of fused-ring (bicyclic) bond motifs is 1. The number of aromatic hydroxyl groups is 1. The number of pyridine rings is 1. The van der Waals surface area contributed by atoms with E-state index in [0.29, 0.717) is 6.20 Å². The molecule has 1 aromatic carbocycles. The van der Waals surface area contributed by atoms with Crippen molar-refractivity contribution in [2.24, 2.45) is 0 Å². The van der Waals surface area contributed by atoms with E-state index in [0.717, 1.165) is 0 Å². The van der Waals surface area contributed by atoms with Gasteiger partial charge in [-0.2, -0.15) is 13.2 Å². The number of hydrogen-bond donors (Lipinski definition) is 2. The summed E-state index contributed by atoms with van der Waals surface area (Å²) in [6.07, 6.45) is -3.86. The molecule has 0 aliphatic heterocycles. The van der Waals surface area contributed by atoms with E-state index >= 15 is 0 Å². The van der Waals surface area contributed by atoms with Crippen molar-refractivity contribution in [2.45, 2.75) is 6.18 Å². The molecule has 0 saturated heterocycles. The third-order valence-electron chi connectivity index (χ3n) is 2.23. The van der Waals surface area contributed by atoms with Crippen LogP contribution in [-0.4, -0.2) is 10.1 Å². The van der Waals surface area contributed by atoms with E-state index in [1.807, 2.05) is 0 Å². The summed E-state index contributed by atoms with van der Waals surface area (Å²) in [5.74, 6) is -0.435. The maximum Gasteiger partial charge on any atom is 0.418 e. The summed E-state index contributed by atoms with van der Waals surface area (Å²) in [7, 11) is 0. The van der Waals surface area contributed by atoms with E-state index < -0.39 is 11.7 Å². The third-order valence-corrected chi connectivity index (χ3v) is 2.23. The van der Waals surface area contributed by atoms with Crippen LogP contribution in [0.25, 0.3) is 10.8 Å². The molecule has 0 atom stereocenters. The second-order valence-electron chi connectivity index (χ2n) is 3.25. The monoisotopic (exact) mass is 228 g/mol. The van der Waals surface area contributed by atoms with Crippen molar-refractivity contribution in [3.63, 3.8) is 0 Å². The Hall–Kier alpha value is -1.98. The van der Waals surface area contributed by atoms with Crippen LogP contribution in [0.3, 0.4) is 0 Å². The summed E-state index contributed by atoms with van der Waals surface area (Å²) in [6, 6.07) is 3.84. The Morgan fingerprint density at radius 3 is 2.56 bits per heavy atom. The molecule has 1 heterocycles. The molecule has 0 aliphatic rings. The Morgan fingerprint density at radius 1 is 1.25 bits per heavy atom. The molecule has 0 radical (unpaired) electrons. The molecule has 0 aliphatic carbocycles. The van der Waals surface area contributed by atoms with E-state index in [9.17, 15) is 18.3 Å². The molecular weight excluding hydrogens is 221 g/mol. The lowest BCUT2D eigenvalue weighted by Crippen LogP contribution is -2.07. The zero-order valence-corrected chi connectivity index (χ0v) is 7.92. The van der Waals surface area contributed by atoms with Gasteiger partial charge in [-0.15, -0.1) is 0 Å². The summed E-state index contributed by atoms with van der Waals surface area (Å²) < 4.78 is 37.9. The number of aromatic nitrogens is 1. The fourth-order valence-electron chi connectivity index (χ4n) is 1.53. The normalized spacial score (nSPS) is 11.9. The van der Waals surface area contributed by atoms with Gasteiger partial charge in [0.2, 0.25) is 0 Å². The first kappa shape index (κ1) is 10.5. The molecule has 16 heavy (non-hydrogen) atoms. The van der Waals surface area contributed by atoms with Crippen LogP contribution in [0, 0.1) is 0 Å². The molecule has 84 valence electrons. The molecule has 0 amide bonds. The Labute approximate surface area is 88.3 Å². The van der Waals surface area contributed by atoms with Crippen LogP contribution in [0.2, 0.25) is 0 Å². The van der Waals surface area contributed by atoms with Gasteiger partial charge in [-0.05, 0) is 6.07 Å². The number of rotatable bonds is 0. The average Bonchev–Trinajstić information content (AvgIpc) is 2.16. The first-order valence-electron chi connectivity index (χ1n) is 4.34. The number of nitrogens with zero attached hydrogens (tertiary/aromatic N) is 1. The van der Waals surface area contributed by atoms with Crippen LogP contribution < -0.4 is 5.73 Å². The highest BCUT2D eigenvalue weighted by Gasteiger charge is 2.33. The second-order valence-corrected chi connectivity index (χ2v) is 3.25. The topological polar surface area (TPSA) is 59.1 Å². The summed E-state index contributed by atoms with van der Waals surface area (Å²) in [6.45, 7) is 0. The molecule has 1 aromatic heterocycles. The molecule has 0 saturated carbocycles. The van der Waals surface area contributed by atoms with E-state index in [1.165, 1.54) is 18.2 Å². The lowest BCUT2D eigenvalue weighted by molar-refractivity contribution is -0.136. The molecule has 0 bridgehead atoms. The van der Waals surface area contributed by atoms with Gasteiger partial charge in [0.1, 0.15) is 11.6 Å². The summed E-state index contributed by atoms with van der Waals surface area (Å²) >= 11 is 0. The zero-order chi connectivity index (χ0) is 11.9. The smallest absolute Gasteiger partial charge is 0.418 e. The Balaban J connectivity index is 2.90. The Bertz CT molecular complexity index is 543. The van der Waals surface area contributed by atoms with E-state index in [2.05, 4.69) is 4.98 Å². The van der Waals surface area contributed by atoms with Crippen LogP contribution >= 0.6 is 0 Å². The third kappa shape index (κ3) is 1.52. The number of hydrogen-bond acceptors (Lipinski definition) is 3. The maximum atomic E-state index is 12.6. The minimum absolute atomic E-state index is 0.0719. The molecule has 2 rings (SSSR count). The summed E-state index contributed by atoms with van der Waals surface area (Å²) in [5.41, 5.74) is 4.52. The van der Waals surface area contributed by atoms with Crippen LogP contribution in [0.15, 0.2) is 24.4 Å². The van der Waals surface area contributed by atoms with E-state index in [1.54, 1.807) is 0 Å². The van der Waals surface area contributed by atoms with E-state index in [-0.39, 0.29) is 22.3 Å². The van der Waals surface area contributed by atoms with E-state index in [4.69, 9.17) is 5.73 Å². The first-order valence-corrected chi connectivity index (χ1v) is 4.34. The average molecular weight is 228 g/mol. The fraction of sp³-hybridized carbons (Fsp3) is 0.100. The van der Waals surface area contributed by atoms with Crippen LogP contribution in [-0.2, 0) is 6.18 Å². The Kier molecular flexibility index (Phi) is 2.15. The predicted molar refractivity (Wildman–Crippen MR) is 52.8 cm³/mol. The standard InChI is InChI=1S/C10H7F3N2O/c11-10(12,13)6-4-15-9(14)8-5(6)2-1-3-7(8)16/h1-4,16H,(H2,14,15). The lowest BCUT2D eigenvalue weighted by atomic mass is 10.1. The van der Waals surface area contributed by atoms with Gasteiger partial charge < -0.3 is 10.8 Å². The lowest BCUT2D eigenvalue weighted by Gasteiger charge is -2.11. The van der Waals surface area contributed by atoms with Crippen molar-refractivity contribution >= 4 is 16.6 Å². The minimum atomic E-state index is -4.52. The maximum absolute atomic E-state index is 12.6. The zero-order valence-electron chi connectivity index (χ0n) is 7.92. The molecule has 2 aromatic rings. The molecule has 0 fully saturated rings. The van der Waals surface area contributed by atoms with Crippen molar-refractivity contribution in [1.82, 2.24) is 4.98 Å². The number of phenols is 1. The van der Waals surface area contributed by atoms with Crippen molar-refractivity contribution in [3.8, 4) is 5.75 Å². The van der Waals surface area contributed by atoms with Crippen molar-refractivity contribution in [3.05, 3.63) is 30.0 Å². The van der Waals surface area contributed by atoms with Crippen molar-refractivity contribution < 1.29 is 18.3 Å². The van der Waals surface area contributed by atoms with Gasteiger partial charge in [0.05, 0.1) is 10.9 Å². The quantitative estimate of drug-likeness (QED) is 0.728. The fourth-order valence-corrected chi connectivity index (χ4v) is 1.53. The molecule has 6 heteroatoms. The van der Waals surface area contributed by atoms with Gasteiger partial charge in [0.15, 0.2) is 0 Å². The Morgan fingerprint density at radius 2 is 1.94 bits per heavy atom. The highest BCUT2D eigenvalue weighted by molar-refractivity contribution is 5.98.